The van der Waals surface area contributed by atoms with Crippen LogP contribution in [0, 0.1) is 18.8 Å². The molecule has 3 atom stereocenters. The van der Waals surface area contributed by atoms with Crippen LogP contribution >= 0.6 is 0 Å². The number of aromatic hydroxyl groups is 1. The molecule has 0 spiro atoms. The van der Waals surface area contributed by atoms with E-state index >= 15 is 0 Å². The fraction of sp³-hybridized carbons (Fsp3) is 0.480. The highest BCUT2D eigenvalue weighted by molar-refractivity contribution is 6.23. The van der Waals surface area contributed by atoms with Crippen LogP contribution in [0.1, 0.15) is 43.4 Å². The molecule has 0 radical (unpaired) electrons. The summed E-state index contributed by atoms with van der Waals surface area (Å²) in [5, 5.41) is 47.8. The van der Waals surface area contributed by atoms with E-state index in [2.05, 4.69) is 10.6 Å². The van der Waals surface area contributed by atoms with Crippen molar-refractivity contribution < 1.29 is 34.8 Å². The van der Waals surface area contributed by atoms with Crippen LogP contribution in [0.5, 0.6) is 5.75 Å². The number of nitrogens with one attached hydrogen (secondary N) is 2. The fourth-order valence-electron chi connectivity index (χ4n) is 4.88. The number of amides is 1. The van der Waals surface area contributed by atoms with Crippen LogP contribution < -0.4 is 10.6 Å². The monoisotopic (exact) mass is 474 g/mol. The van der Waals surface area contributed by atoms with Crippen molar-refractivity contribution >= 4 is 23.2 Å². The number of hydrogen-bond donors (Lipinski definition) is 6. The summed E-state index contributed by atoms with van der Waals surface area (Å²) in [6.07, 6.45) is 0.229. The lowest BCUT2D eigenvalue weighted by Crippen LogP contribution is -2.58. The zero-order chi connectivity index (χ0) is 26.0. The van der Waals surface area contributed by atoms with Gasteiger partial charge in [-0.15, -0.1) is 0 Å². The molecule has 34 heavy (non-hydrogen) atoms. The number of Topliss-reactive ketones (excluding diaryl/α,β-unsaturated/α-hetero) is 2. The van der Waals surface area contributed by atoms with Gasteiger partial charge in [0.25, 0.3) is 5.91 Å². The molecule has 3 aliphatic rings. The maximum Gasteiger partial charge on any atom is 0.258 e. The lowest BCUT2D eigenvalue weighted by molar-refractivity contribution is -0.147. The number of fused-ring (bicyclic) bond motifs is 3. The van der Waals surface area contributed by atoms with Gasteiger partial charge in [-0.3, -0.25) is 14.4 Å². The average molecular weight is 475 g/mol. The van der Waals surface area contributed by atoms with Crippen molar-refractivity contribution in [3.8, 4) is 5.75 Å². The number of likely N-dealkylation sites (N-methyl/N-ethyl adjacent to an activating group) is 1. The number of carbonyl (C=O) groups is 3. The van der Waals surface area contributed by atoms with Gasteiger partial charge < -0.3 is 31.1 Å². The Labute approximate surface area is 199 Å². The average Bonchev–Trinajstić information content (AvgIpc) is 2.80. The Morgan fingerprint density at radius 2 is 1.65 bits per heavy atom. The molecule has 1 saturated carbocycles. The maximum absolute atomic E-state index is 13.3. The molecule has 6 N–H and O–H groups in total. The Bertz CT molecular complexity index is 1070. The van der Waals surface area contributed by atoms with Crippen molar-refractivity contribution in [3.05, 3.63) is 45.7 Å². The predicted octanol–water partition coefficient (Wildman–Crippen LogP) is 1.85. The molecule has 1 aromatic rings. The summed E-state index contributed by atoms with van der Waals surface area (Å²) in [5.74, 6) is -5.52. The molecule has 0 heterocycles. The third-order valence-corrected chi connectivity index (χ3v) is 6.39. The van der Waals surface area contributed by atoms with Crippen molar-refractivity contribution in [1.29, 1.82) is 0 Å². The molecule has 4 rings (SSSR count). The van der Waals surface area contributed by atoms with Crippen molar-refractivity contribution in [3.63, 3.8) is 0 Å². The Morgan fingerprint density at radius 1 is 1.06 bits per heavy atom. The Kier molecular flexibility index (Phi) is 8.28. The van der Waals surface area contributed by atoms with E-state index < -0.39 is 52.0 Å². The molecular formula is C25H34N2O7. The molecule has 1 amide bonds. The Hall–Kier alpha value is -3.17. The molecule has 3 aliphatic carbocycles. The van der Waals surface area contributed by atoms with Crippen LogP contribution in [0.15, 0.2) is 29.0 Å². The second-order valence-electron chi connectivity index (χ2n) is 8.38. The SMILES string of the molecule is CC.CNC.CNC(=O)C1=C(O)[C@@]2(O)C(=O)C3=C(O)c4c(O)ccc(C)c4CC3C[C@H]2CC1=O. The van der Waals surface area contributed by atoms with Gasteiger partial charge in [0.2, 0.25) is 5.78 Å². The fourth-order valence-corrected chi connectivity index (χ4v) is 4.88. The first kappa shape index (κ1) is 27.1. The number of benzene rings is 1. The molecule has 0 aliphatic heterocycles. The third-order valence-electron chi connectivity index (χ3n) is 6.39. The molecule has 186 valence electrons. The summed E-state index contributed by atoms with van der Waals surface area (Å²) >= 11 is 0. The molecule has 9 heteroatoms. The maximum atomic E-state index is 13.3. The minimum absolute atomic E-state index is 0.102. The van der Waals surface area contributed by atoms with Crippen LogP contribution in [0.2, 0.25) is 0 Å². The van der Waals surface area contributed by atoms with Crippen molar-refractivity contribution in [1.82, 2.24) is 10.6 Å². The van der Waals surface area contributed by atoms with Crippen LogP contribution in [0.4, 0.5) is 0 Å². The number of phenolic OH excluding ortho intramolecular Hbond substituents is 1. The number of hydrogen-bond acceptors (Lipinski definition) is 8. The quantitative estimate of drug-likeness (QED) is 0.337. The molecular weight excluding hydrogens is 440 g/mol. The van der Waals surface area contributed by atoms with Gasteiger partial charge in [0.1, 0.15) is 22.8 Å². The first-order chi connectivity index (χ1) is 16.0. The molecule has 0 aromatic heterocycles. The molecule has 1 unspecified atom stereocenters. The highest BCUT2D eigenvalue weighted by Gasteiger charge is 2.60. The number of phenols is 1. The van der Waals surface area contributed by atoms with Gasteiger partial charge in [-0.25, -0.2) is 0 Å². The van der Waals surface area contributed by atoms with Crippen molar-refractivity contribution in [2.24, 2.45) is 11.8 Å². The first-order valence-electron chi connectivity index (χ1n) is 11.3. The minimum atomic E-state index is -2.48. The summed E-state index contributed by atoms with van der Waals surface area (Å²) in [4.78, 5) is 37.8. The largest absolute Gasteiger partial charge is 0.508 e. The number of aryl methyl sites for hydroxylation is 1. The molecule has 9 nitrogen and oxygen atoms in total. The van der Waals surface area contributed by atoms with Gasteiger partial charge >= 0.3 is 0 Å². The van der Waals surface area contributed by atoms with Gasteiger partial charge in [-0.1, -0.05) is 19.9 Å². The van der Waals surface area contributed by atoms with Gasteiger partial charge in [0, 0.05) is 25.0 Å². The number of ketones is 2. The van der Waals surface area contributed by atoms with E-state index in [1.807, 2.05) is 34.9 Å². The van der Waals surface area contributed by atoms with Gasteiger partial charge in [-0.2, -0.15) is 0 Å². The highest BCUT2D eigenvalue weighted by Crippen LogP contribution is 2.52. The summed E-state index contributed by atoms with van der Waals surface area (Å²) in [6, 6.07) is 3.12. The second-order valence-corrected chi connectivity index (χ2v) is 8.38. The van der Waals surface area contributed by atoms with Gasteiger partial charge in [0.05, 0.1) is 5.56 Å². The second kappa shape index (κ2) is 10.4. The summed E-state index contributed by atoms with van der Waals surface area (Å²) < 4.78 is 0. The summed E-state index contributed by atoms with van der Waals surface area (Å²) in [7, 11) is 5.02. The lowest BCUT2D eigenvalue weighted by atomic mass is 9.59. The zero-order valence-electron chi connectivity index (χ0n) is 20.4. The number of rotatable bonds is 1. The van der Waals surface area contributed by atoms with Crippen molar-refractivity contribution in [2.45, 2.75) is 45.6 Å². The number of aliphatic hydroxyl groups excluding tert-OH is 2. The van der Waals surface area contributed by atoms with Gasteiger partial charge in [0.15, 0.2) is 11.4 Å². The Balaban J connectivity index is 0.000000758. The normalized spacial score (nSPS) is 25.1. The highest BCUT2D eigenvalue weighted by atomic mass is 16.3. The predicted molar refractivity (Wildman–Crippen MR) is 127 cm³/mol. The molecule has 1 aromatic carbocycles. The molecule has 1 fully saturated rings. The molecule has 0 saturated heterocycles. The van der Waals surface area contributed by atoms with Crippen LogP contribution in [0.25, 0.3) is 5.76 Å². The summed E-state index contributed by atoms with van der Waals surface area (Å²) in [6.45, 7) is 5.83. The summed E-state index contributed by atoms with van der Waals surface area (Å²) in [5.41, 5.74) is -1.56. The zero-order valence-corrected chi connectivity index (χ0v) is 20.4. The Morgan fingerprint density at radius 3 is 2.21 bits per heavy atom. The third kappa shape index (κ3) is 4.10. The molecule has 0 bridgehead atoms. The topological polar surface area (TPSA) is 156 Å². The van der Waals surface area contributed by atoms with Gasteiger partial charge in [-0.05, 0) is 57.0 Å². The van der Waals surface area contributed by atoms with Crippen molar-refractivity contribution in [2.75, 3.05) is 21.1 Å². The van der Waals surface area contributed by atoms with Crippen LogP contribution in [0.3, 0.4) is 0 Å². The first-order valence-corrected chi connectivity index (χ1v) is 11.3. The number of aliphatic hydroxyl groups is 3. The van der Waals surface area contributed by atoms with E-state index in [1.54, 1.807) is 6.07 Å². The minimum Gasteiger partial charge on any atom is -0.508 e. The van der Waals surface area contributed by atoms with Crippen LogP contribution in [-0.4, -0.2) is 64.6 Å². The standard InChI is InChI=1S/C21H21NO7.C2H7N.C2H6/c1-8-3-4-12(23)15-11(8)6-9-5-10-7-13(24)16(20(28)22-2)19(27)21(10,29)18(26)14(9)17(15)25;1-3-2;1-2/h3-4,9-10,23,25,27,29H,5-7H2,1-2H3,(H,22,28);3H,1-2H3;1-2H3/t9?,10-,21-;;/m0../s1. The van der Waals surface area contributed by atoms with E-state index in [0.717, 1.165) is 5.56 Å². The smallest absolute Gasteiger partial charge is 0.258 e. The number of carbonyl (C=O) groups excluding carboxylic acids is 3. The van der Waals surface area contributed by atoms with E-state index in [0.29, 0.717) is 12.0 Å². The lowest BCUT2D eigenvalue weighted by Gasteiger charge is -2.46. The van der Waals surface area contributed by atoms with E-state index in [4.69, 9.17) is 0 Å². The van der Waals surface area contributed by atoms with E-state index in [-0.39, 0.29) is 29.7 Å². The van der Waals surface area contributed by atoms with Crippen LogP contribution in [-0.2, 0) is 20.8 Å². The van der Waals surface area contributed by atoms with E-state index in [9.17, 15) is 34.8 Å². The van der Waals surface area contributed by atoms with E-state index in [1.165, 1.54) is 13.1 Å².